The van der Waals surface area contributed by atoms with Crippen LogP contribution in [0.15, 0.2) is 0 Å². The summed E-state index contributed by atoms with van der Waals surface area (Å²) in [5.41, 5.74) is 0. The fourth-order valence-electron chi connectivity index (χ4n) is 8.27. The number of unbranched alkanes of at least 4 members (excludes halogenated alkanes) is 30. The van der Waals surface area contributed by atoms with Gasteiger partial charge in [0.2, 0.25) is 5.91 Å². The monoisotopic (exact) mass is 846 g/mol. The number of ether oxygens (including phenoxy) is 2. The molecule has 1 saturated heterocycles. The number of hydrogen-bond donors (Lipinski definition) is 8. The maximum atomic E-state index is 13.0. The minimum atomic E-state index is -1.65. The highest BCUT2D eigenvalue weighted by Crippen LogP contribution is 2.23. The first-order chi connectivity index (χ1) is 28.7. The van der Waals surface area contributed by atoms with E-state index in [-0.39, 0.29) is 6.42 Å². The van der Waals surface area contributed by atoms with Gasteiger partial charge in [-0.2, -0.15) is 0 Å². The zero-order valence-corrected chi connectivity index (χ0v) is 38.0. The van der Waals surface area contributed by atoms with Crippen LogP contribution in [0.25, 0.3) is 0 Å². The number of carbonyl (C=O) groups is 1. The third kappa shape index (κ3) is 28.4. The number of rotatable bonds is 42. The van der Waals surface area contributed by atoms with Crippen molar-refractivity contribution in [3.05, 3.63) is 0 Å². The second-order valence-electron chi connectivity index (χ2n) is 17.9. The van der Waals surface area contributed by atoms with Crippen LogP contribution in [0.3, 0.4) is 0 Å². The van der Waals surface area contributed by atoms with E-state index in [9.17, 15) is 40.5 Å². The van der Waals surface area contributed by atoms with Crippen molar-refractivity contribution in [2.24, 2.45) is 0 Å². The first kappa shape index (κ1) is 56.1. The van der Waals surface area contributed by atoms with Gasteiger partial charge in [-0.3, -0.25) is 4.79 Å². The Morgan fingerprint density at radius 2 is 0.881 bits per heavy atom. The van der Waals surface area contributed by atoms with E-state index in [0.29, 0.717) is 19.3 Å². The van der Waals surface area contributed by atoms with Crippen LogP contribution >= 0.6 is 0 Å². The van der Waals surface area contributed by atoms with Crippen molar-refractivity contribution in [2.75, 3.05) is 13.2 Å². The van der Waals surface area contributed by atoms with Crippen molar-refractivity contribution < 1.29 is 50.0 Å². The number of hydrogen-bond acceptors (Lipinski definition) is 10. The maximum absolute atomic E-state index is 13.0. The van der Waals surface area contributed by atoms with Crippen molar-refractivity contribution in [3.63, 3.8) is 0 Å². The molecule has 1 rings (SSSR count). The molecule has 0 aromatic heterocycles. The SMILES string of the molecule is CCCCCCCCCCCCCCCCCCCCCCCCCCCC(O)C(=O)NC(COC1OC(CO)C(O)C(O)C1O)C(O)C(O)CCCCCCCCC. The molecule has 11 heteroatoms. The molecule has 59 heavy (non-hydrogen) atoms. The predicted octanol–water partition coefficient (Wildman–Crippen LogP) is 8.67. The topological polar surface area (TPSA) is 189 Å². The lowest BCUT2D eigenvalue weighted by atomic mass is 9.98. The zero-order chi connectivity index (χ0) is 43.4. The Balaban J connectivity index is 2.23. The van der Waals surface area contributed by atoms with Gasteiger partial charge >= 0.3 is 0 Å². The van der Waals surface area contributed by atoms with E-state index in [4.69, 9.17) is 9.47 Å². The van der Waals surface area contributed by atoms with Crippen LogP contribution in [-0.4, -0.2) is 110 Å². The standard InChI is InChI=1S/C48H95NO10/c1-3-5-7-9-11-12-13-14-15-16-17-18-19-20-21-22-23-24-25-26-27-28-30-32-34-36-41(52)47(57)49-39(43(53)40(51)35-33-31-29-10-8-6-4-2)38-58-48-46(56)45(55)44(54)42(37-50)59-48/h39-46,48,50-56H,3-38H2,1-2H3,(H,49,57). The molecule has 11 nitrogen and oxygen atoms in total. The van der Waals surface area contributed by atoms with Gasteiger partial charge in [0.15, 0.2) is 6.29 Å². The Kier molecular flexibility index (Phi) is 36.9. The third-order valence-electron chi connectivity index (χ3n) is 12.4. The number of carbonyl (C=O) groups excluding carboxylic acids is 1. The Labute approximate surface area is 360 Å². The average molecular weight is 846 g/mol. The zero-order valence-electron chi connectivity index (χ0n) is 38.0. The summed E-state index contributed by atoms with van der Waals surface area (Å²) in [6, 6.07) is -1.16. The van der Waals surface area contributed by atoms with Crippen molar-refractivity contribution >= 4 is 5.91 Å². The molecule has 1 aliphatic heterocycles. The molecule has 9 atom stereocenters. The molecule has 0 saturated carbocycles. The highest BCUT2D eigenvalue weighted by Gasteiger charge is 2.44. The number of nitrogens with one attached hydrogen (secondary N) is 1. The van der Waals surface area contributed by atoms with Crippen LogP contribution in [0, 0.1) is 0 Å². The molecule has 1 aliphatic rings. The van der Waals surface area contributed by atoms with Crippen LogP contribution < -0.4 is 5.32 Å². The minimum Gasteiger partial charge on any atom is -0.394 e. The predicted molar refractivity (Wildman–Crippen MR) is 238 cm³/mol. The molecule has 352 valence electrons. The largest absolute Gasteiger partial charge is 0.394 e. The van der Waals surface area contributed by atoms with Crippen LogP contribution in [0.5, 0.6) is 0 Å². The van der Waals surface area contributed by atoms with E-state index < -0.39 is 74.2 Å². The lowest BCUT2D eigenvalue weighted by molar-refractivity contribution is -0.303. The van der Waals surface area contributed by atoms with Crippen LogP contribution in [-0.2, 0) is 14.3 Å². The molecule has 1 heterocycles. The molecule has 0 radical (unpaired) electrons. The first-order valence-electron chi connectivity index (χ1n) is 24.9. The average Bonchev–Trinajstić information content (AvgIpc) is 3.23. The quantitative estimate of drug-likeness (QED) is 0.0276. The smallest absolute Gasteiger partial charge is 0.249 e. The Hall–Kier alpha value is -0.890. The summed E-state index contributed by atoms with van der Waals surface area (Å²) in [5, 5.41) is 75.4. The summed E-state index contributed by atoms with van der Waals surface area (Å²) in [4.78, 5) is 13.0. The number of amides is 1. The second-order valence-corrected chi connectivity index (χ2v) is 17.9. The van der Waals surface area contributed by atoms with Crippen molar-refractivity contribution in [3.8, 4) is 0 Å². The van der Waals surface area contributed by atoms with Gasteiger partial charge in [-0.05, 0) is 12.8 Å². The Morgan fingerprint density at radius 1 is 0.525 bits per heavy atom. The number of aliphatic hydroxyl groups is 7. The molecule has 9 unspecified atom stereocenters. The molecule has 0 aromatic rings. The summed E-state index contributed by atoms with van der Waals surface area (Å²) in [7, 11) is 0. The fourth-order valence-corrected chi connectivity index (χ4v) is 8.27. The molecule has 0 spiro atoms. The summed E-state index contributed by atoms with van der Waals surface area (Å²) >= 11 is 0. The molecular weight excluding hydrogens is 751 g/mol. The van der Waals surface area contributed by atoms with Crippen molar-refractivity contribution in [1.82, 2.24) is 5.32 Å². The van der Waals surface area contributed by atoms with Gasteiger partial charge in [0.1, 0.15) is 36.6 Å². The molecule has 0 aliphatic carbocycles. The van der Waals surface area contributed by atoms with Crippen LogP contribution in [0.4, 0.5) is 0 Å². The maximum Gasteiger partial charge on any atom is 0.249 e. The van der Waals surface area contributed by atoms with Crippen molar-refractivity contribution in [2.45, 2.75) is 287 Å². The van der Waals surface area contributed by atoms with Crippen LogP contribution in [0.1, 0.15) is 232 Å². The fraction of sp³-hybridized carbons (Fsp3) is 0.979. The van der Waals surface area contributed by atoms with Gasteiger partial charge in [0.25, 0.3) is 0 Å². The first-order valence-corrected chi connectivity index (χ1v) is 24.9. The molecule has 1 fully saturated rings. The molecule has 0 bridgehead atoms. The number of aliphatic hydroxyl groups excluding tert-OH is 7. The summed E-state index contributed by atoms with van der Waals surface area (Å²) in [6.07, 6.45) is 29.2. The summed E-state index contributed by atoms with van der Waals surface area (Å²) in [6.45, 7) is 3.40. The highest BCUT2D eigenvalue weighted by atomic mass is 16.7. The van der Waals surface area contributed by atoms with Gasteiger partial charge in [0.05, 0.1) is 25.4 Å². The minimum absolute atomic E-state index is 0.266. The van der Waals surface area contributed by atoms with Gasteiger partial charge in [-0.25, -0.2) is 0 Å². The van der Waals surface area contributed by atoms with E-state index in [1.54, 1.807) is 0 Å². The van der Waals surface area contributed by atoms with Crippen LogP contribution in [0.2, 0.25) is 0 Å². The van der Waals surface area contributed by atoms with Crippen molar-refractivity contribution in [1.29, 1.82) is 0 Å². The van der Waals surface area contributed by atoms with E-state index in [2.05, 4.69) is 19.2 Å². The van der Waals surface area contributed by atoms with Gasteiger partial charge in [-0.1, -0.05) is 219 Å². The van der Waals surface area contributed by atoms with E-state index in [1.807, 2.05) is 0 Å². The third-order valence-corrected chi connectivity index (χ3v) is 12.4. The van der Waals surface area contributed by atoms with E-state index >= 15 is 0 Å². The lowest BCUT2D eigenvalue weighted by Crippen LogP contribution is -2.60. The van der Waals surface area contributed by atoms with E-state index in [0.717, 1.165) is 44.9 Å². The Morgan fingerprint density at radius 3 is 1.25 bits per heavy atom. The Bertz CT molecular complexity index is 928. The normalized spacial score (nSPS) is 21.7. The molecule has 0 aromatic carbocycles. The van der Waals surface area contributed by atoms with Gasteiger partial charge in [0, 0.05) is 0 Å². The molecule has 1 amide bonds. The van der Waals surface area contributed by atoms with E-state index in [1.165, 1.54) is 148 Å². The van der Waals surface area contributed by atoms with Gasteiger partial charge < -0.3 is 50.5 Å². The second kappa shape index (κ2) is 38.8. The van der Waals surface area contributed by atoms with Gasteiger partial charge in [-0.15, -0.1) is 0 Å². The summed E-state index contributed by atoms with van der Waals surface area (Å²) in [5.74, 6) is -0.695. The molecular formula is C48H95NO10. The lowest BCUT2D eigenvalue weighted by Gasteiger charge is -2.40. The summed E-state index contributed by atoms with van der Waals surface area (Å²) < 4.78 is 11.0. The highest BCUT2D eigenvalue weighted by molar-refractivity contribution is 5.80. The molecule has 8 N–H and O–H groups in total.